The molecule has 1 N–H and O–H groups in total. The second kappa shape index (κ2) is 8.36. The lowest BCUT2D eigenvalue weighted by atomic mass is 9.57. The Morgan fingerprint density at radius 3 is 2.27 bits per heavy atom. The normalized spacial score (nSPS) is 30.7. The highest BCUT2D eigenvalue weighted by molar-refractivity contribution is 5.75. The molecule has 0 heterocycles. The minimum atomic E-state index is -0.556. The Kier molecular flexibility index (Phi) is 7.41. The van der Waals surface area contributed by atoms with Gasteiger partial charge >= 0.3 is 5.97 Å². The Morgan fingerprint density at radius 2 is 1.82 bits per heavy atom. The smallest absolute Gasteiger partial charge is 0.309 e. The number of carboxylic acids is 1. The van der Waals surface area contributed by atoms with Crippen LogP contribution in [0.3, 0.4) is 0 Å². The van der Waals surface area contributed by atoms with Gasteiger partial charge in [-0.1, -0.05) is 60.8 Å². The molecule has 4 atom stereocenters. The highest BCUT2D eigenvalue weighted by Crippen LogP contribution is 2.51. The average molecular weight is 311 g/mol. The van der Waals surface area contributed by atoms with Gasteiger partial charge < -0.3 is 5.11 Å². The first-order valence-electron chi connectivity index (χ1n) is 9.48. The average Bonchev–Trinajstić information content (AvgIpc) is 2.45. The predicted molar refractivity (Wildman–Crippen MR) is 93.9 cm³/mol. The molecule has 22 heavy (non-hydrogen) atoms. The predicted octanol–water partition coefficient (Wildman–Crippen LogP) is 6.00. The lowest BCUT2D eigenvalue weighted by molar-refractivity contribution is -0.159. The summed E-state index contributed by atoms with van der Waals surface area (Å²) in [6.45, 7) is 13.5. The van der Waals surface area contributed by atoms with Crippen LogP contribution in [0.5, 0.6) is 0 Å². The van der Waals surface area contributed by atoms with E-state index in [9.17, 15) is 9.90 Å². The van der Waals surface area contributed by atoms with Crippen molar-refractivity contribution in [3.63, 3.8) is 0 Å². The Balaban J connectivity index is 2.71. The number of rotatable bonds is 8. The number of carboxylic acid groups (broad SMARTS) is 1. The highest BCUT2D eigenvalue weighted by atomic mass is 16.4. The van der Waals surface area contributed by atoms with E-state index in [2.05, 4.69) is 41.5 Å². The third-order valence-electron chi connectivity index (χ3n) is 6.33. The fourth-order valence-corrected chi connectivity index (χ4v) is 4.66. The third-order valence-corrected chi connectivity index (χ3v) is 6.33. The molecule has 1 saturated carbocycles. The molecule has 0 aliphatic heterocycles. The van der Waals surface area contributed by atoms with Crippen molar-refractivity contribution in [1.82, 2.24) is 0 Å². The minimum Gasteiger partial charge on any atom is -0.481 e. The molecule has 2 heteroatoms. The van der Waals surface area contributed by atoms with Gasteiger partial charge in [0.15, 0.2) is 0 Å². The van der Waals surface area contributed by atoms with Crippen molar-refractivity contribution in [1.29, 1.82) is 0 Å². The van der Waals surface area contributed by atoms with E-state index >= 15 is 0 Å². The van der Waals surface area contributed by atoms with Gasteiger partial charge in [0.25, 0.3) is 0 Å². The molecule has 0 aromatic rings. The molecule has 1 rings (SSSR count). The standard InChI is InChI=1S/C20H38O2/c1-7-20(19(21)22)12-11-17(13-18(20)15(4)5)16(6)10-8-9-14(2)3/h14-18H,7-13H2,1-6H3,(H,21,22). The summed E-state index contributed by atoms with van der Waals surface area (Å²) in [5, 5.41) is 9.84. The lowest BCUT2D eigenvalue weighted by Gasteiger charge is -2.47. The van der Waals surface area contributed by atoms with Crippen LogP contribution in [-0.4, -0.2) is 11.1 Å². The largest absolute Gasteiger partial charge is 0.481 e. The summed E-state index contributed by atoms with van der Waals surface area (Å²) in [6, 6.07) is 0. The summed E-state index contributed by atoms with van der Waals surface area (Å²) in [5.74, 6) is 2.49. The molecule has 2 nitrogen and oxygen atoms in total. The molecule has 1 aliphatic carbocycles. The van der Waals surface area contributed by atoms with Crippen LogP contribution in [0.15, 0.2) is 0 Å². The maximum atomic E-state index is 11.9. The van der Waals surface area contributed by atoms with Gasteiger partial charge in [-0.25, -0.2) is 0 Å². The second-order valence-corrected chi connectivity index (χ2v) is 8.50. The minimum absolute atomic E-state index is 0.335. The van der Waals surface area contributed by atoms with Crippen molar-refractivity contribution in [2.24, 2.45) is 35.0 Å². The fraction of sp³-hybridized carbons (Fsp3) is 0.950. The van der Waals surface area contributed by atoms with Gasteiger partial charge in [-0.3, -0.25) is 4.79 Å². The van der Waals surface area contributed by atoms with Crippen molar-refractivity contribution < 1.29 is 9.90 Å². The highest BCUT2D eigenvalue weighted by Gasteiger charge is 2.49. The Labute approximate surface area is 138 Å². The molecule has 0 saturated heterocycles. The third kappa shape index (κ3) is 4.49. The van der Waals surface area contributed by atoms with Crippen molar-refractivity contribution in [3.05, 3.63) is 0 Å². The zero-order valence-electron chi connectivity index (χ0n) is 15.7. The number of carbonyl (C=O) groups is 1. The van der Waals surface area contributed by atoms with Crippen molar-refractivity contribution in [3.8, 4) is 0 Å². The van der Waals surface area contributed by atoms with E-state index in [0.29, 0.717) is 11.8 Å². The summed E-state index contributed by atoms with van der Waals surface area (Å²) < 4.78 is 0. The van der Waals surface area contributed by atoms with E-state index in [-0.39, 0.29) is 0 Å². The molecular weight excluding hydrogens is 272 g/mol. The van der Waals surface area contributed by atoms with Gasteiger partial charge in [-0.15, -0.1) is 0 Å². The van der Waals surface area contributed by atoms with Crippen LogP contribution in [0, 0.1) is 35.0 Å². The number of hydrogen-bond donors (Lipinski definition) is 1. The van der Waals surface area contributed by atoms with Crippen LogP contribution in [0.25, 0.3) is 0 Å². The van der Waals surface area contributed by atoms with E-state index < -0.39 is 11.4 Å². The molecule has 4 unspecified atom stereocenters. The van der Waals surface area contributed by atoms with Gasteiger partial charge in [-0.2, -0.15) is 0 Å². The number of aliphatic carboxylic acids is 1. The van der Waals surface area contributed by atoms with E-state index in [0.717, 1.165) is 43.4 Å². The maximum Gasteiger partial charge on any atom is 0.309 e. The molecule has 130 valence electrons. The summed E-state index contributed by atoms with van der Waals surface area (Å²) in [4.78, 5) is 11.9. The molecule has 0 spiro atoms. The fourth-order valence-electron chi connectivity index (χ4n) is 4.66. The van der Waals surface area contributed by atoms with Crippen LogP contribution in [0.2, 0.25) is 0 Å². The quantitative estimate of drug-likeness (QED) is 0.596. The van der Waals surface area contributed by atoms with Gasteiger partial charge in [0, 0.05) is 0 Å². The van der Waals surface area contributed by atoms with Gasteiger partial charge in [-0.05, 0) is 55.3 Å². The summed E-state index contributed by atoms with van der Waals surface area (Å²) in [7, 11) is 0. The van der Waals surface area contributed by atoms with Crippen molar-refractivity contribution in [2.45, 2.75) is 86.5 Å². The zero-order chi connectivity index (χ0) is 16.9. The Morgan fingerprint density at radius 1 is 1.18 bits per heavy atom. The zero-order valence-corrected chi connectivity index (χ0v) is 15.7. The van der Waals surface area contributed by atoms with Crippen molar-refractivity contribution >= 4 is 5.97 Å². The van der Waals surface area contributed by atoms with Crippen LogP contribution in [0.4, 0.5) is 0 Å². The molecule has 1 fully saturated rings. The van der Waals surface area contributed by atoms with Gasteiger partial charge in [0.1, 0.15) is 0 Å². The topological polar surface area (TPSA) is 37.3 Å². The molecule has 0 bridgehead atoms. The van der Waals surface area contributed by atoms with E-state index in [1.54, 1.807) is 0 Å². The second-order valence-electron chi connectivity index (χ2n) is 8.50. The molecule has 0 radical (unpaired) electrons. The summed E-state index contributed by atoms with van der Waals surface area (Å²) >= 11 is 0. The molecule has 1 aliphatic rings. The van der Waals surface area contributed by atoms with E-state index in [4.69, 9.17) is 0 Å². The first kappa shape index (κ1) is 19.5. The maximum absolute atomic E-state index is 11.9. The van der Waals surface area contributed by atoms with Crippen LogP contribution in [-0.2, 0) is 4.79 Å². The van der Waals surface area contributed by atoms with Crippen LogP contribution in [0.1, 0.15) is 86.5 Å². The molecular formula is C20H38O2. The molecule has 0 aromatic heterocycles. The SMILES string of the molecule is CCC1(C(=O)O)CCC(C(C)CCCC(C)C)CC1C(C)C. The van der Waals surface area contributed by atoms with E-state index in [1.807, 2.05) is 0 Å². The monoisotopic (exact) mass is 310 g/mol. The first-order chi connectivity index (χ1) is 10.2. The lowest BCUT2D eigenvalue weighted by Crippen LogP contribution is -2.45. The van der Waals surface area contributed by atoms with Crippen molar-refractivity contribution in [2.75, 3.05) is 0 Å². The van der Waals surface area contributed by atoms with Gasteiger partial charge in [0.05, 0.1) is 5.41 Å². The summed E-state index contributed by atoms with van der Waals surface area (Å²) in [6.07, 6.45) is 7.81. The van der Waals surface area contributed by atoms with E-state index in [1.165, 1.54) is 19.3 Å². The van der Waals surface area contributed by atoms with Crippen LogP contribution >= 0.6 is 0 Å². The summed E-state index contributed by atoms with van der Waals surface area (Å²) in [5.41, 5.74) is -0.470. The Bertz CT molecular complexity index is 348. The Hall–Kier alpha value is -0.530. The van der Waals surface area contributed by atoms with Crippen LogP contribution < -0.4 is 0 Å². The molecule has 0 amide bonds. The molecule has 0 aromatic carbocycles. The number of hydrogen-bond acceptors (Lipinski definition) is 1. The van der Waals surface area contributed by atoms with Gasteiger partial charge in [0.2, 0.25) is 0 Å². The first-order valence-corrected chi connectivity index (χ1v) is 9.48.